The highest BCUT2D eigenvalue weighted by molar-refractivity contribution is 7.89. The Balaban J connectivity index is 1.45. The summed E-state index contributed by atoms with van der Waals surface area (Å²) in [5.74, 6) is -0.763. The molecule has 1 amide bonds. The van der Waals surface area contributed by atoms with Crippen LogP contribution in [0.4, 0.5) is 15.8 Å². The second-order valence-corrected chi connectivity index (χ2v) is 9.48. The molecule has 0 aromatic heterocycles. The van der Waals surface area contributed by atoms with Crippen LogP contribution < -0.4 is 10.2 Å². The monoisotopic (exact) mass is 464 g/mol. The number of nitriles is 1. The Bertz CT molecular complexity index is 1290. The van der Waals surface area contributed by atoms with E-state index in [0.717, 1.165) is 5.69 Å². The number of rotatable bonds is 5. The van der Waals surface area contributed by atoms with E-state index < -0.39 is 15.9 Å². The van der Waals surface area contributed by atoms with Gasteiger partial charge in [-0.2, -0.15) is 9.57 Å². The van der Waals surface area contributed by atoms with Gasteiger partial charge in [0.2, 0.25) is 10.0 Å². The zero-order valence-electron chi connectivity index (χ0n) is 17.6. The van der Waals surface area contributed by atoms with Crippen LogP contribution in [0.2, 0.25) is 0 Å². The number of nitrogens with one attached hydrogen (secondary N) is 1. The Hall–Kier alpha value is -3.74. The van der Waals surface area contributed by atoms with Crippen molar-refractivity contribution in [1.82, 2.24) is 4.31 Å². The van der Waals surface area contributed by atoms with Crippen LogP contribution >= 0.6 is 0 Å². The van der Waals surface area contributed by atoms with E-state index in [1.54, 1.807) is 42.5 Å². The van der Waals surface area contributed by atoms with Crippen molar-refractivity contribution in [2.45, 2.75) is 4.90 Å². The van der Waals surface area contributed by atoms with Crippen LogP contribution in [0.25, 0.3) is 0 Å². The number of piperazine rings is 1. The summed E-state index contributed by atoms with van der Waals surface area (Å²) >= 11 is 0. The number of amides is 1. The van der Waals surface area contributed by atoms with Gasteiger partial charge in [0.05, 0.1) is 16.5 Å². The van der Waals surface area contributed by atoms with Crippen LogP contribution in [-0.2, 0) is 10.0 Å². The summed E-state index contributed by atoms with van der Waals surface area (Å²) in [6.07, 6.45) is 0. The molecule has 0 saturated carbocycles. The number of nitrogens with zero attached hydrogens (tertiary/aromatic N) is 3. The normalized spacial score (nSPS) is 14.5. The maximum atomic E-state index is 13.2. The molecule has 1 fully saturated rings. The molecule has 3 aromatic carbocycles. The molecule has 3 aromatic rings. The molecular weight excluding hydrogens is 443 g/mol. The van der Waals surface area contributed by atoms with E-state index in [4.69, 9.17) is 5.26 Å². The Labute approximate surface area is 191 Å². The van der Waals surface area contributed by atoms with Gasteiger partial charge in [0.25, 0.3) is 5.91 Å². The Morgan fingerprint density at radius 3 is 2.24 bits per heavy atom. The largest absolute Gasteiger partial charge is 0.369 e. The van der Waals surface area contributed by atoms with Crippen LogP contribution in [0.5, 0.6) is 0 Å². The fourth-order valence-corrected chi connectivity index (χ4v) is 5.09. The third-order valence-electron chi connectivity index (χ3n) is 5.44. The first-order chi connectivity index (χ1) is 15.9. The second kappa shape index (κ2) is 9.40. The van der Waals surface area contributed by atoms with Gasteiger partial charge in [-0.15, -0.1) is 0 Å². The van der Waals surface area contributed by atoms with Gasteiger partial charge >= 0.3 is 0 Å². The first-order valence-electron chi connectivity index (χ1n) is 10.3. The SMILES string of the molecule is N#Cc1ccc(NC(=O)c2cccc(S(=O)(=O)N3CCN(c4ccc(F)cc4)CC3)c2)cc1. The number of carbonyl (C=O) groups is 1. The summed E-state index contributed by atoms with van der Waals surface area (Å²) in [6, 6.07) is 20.4. The van der Waals surface area contributed by atoms with E-state index in [0.29, 0.717) is 24.3 Å². The summed E-state index contributed by atoms with van der Waals surface area (Å²) in [7, 11) is -3.78. The third kappa shape index (κ3) is 5.03. The van der Waals surface area contributed by atoms with Crippen molar-refractivity contribution in [3.05, 3.63) is 89.7 Å². The van der Waals surface area contributed by atoms with Gasteiger partial charge in [-0.05, 0) is 66.7 Å². The van der Waals surface area contributed by atoms with Gasteiger partial charge < -0.3 is 10.2 Å². The standard InChI is InChI=1S/C24H21FN4O3S/c25-20-6-10-22(11-7-20)28-12-14-29(15-13-28)33(31,32)23-3-1-2-19(16-23)24(30)27-21-8-4-18(17-26)5-9-21/h1-11,16H,12-15H2,(H,27,30). The van der Waals surface area contributed by atoms with E-state index in [2.05, 4.69) is 5.32 Å². The predicted molar refractivity (Wildman–Crippen MR) is 123 cm³/mol. The van der Waals surface area contributed by atoms with Gasteiger partial charge in [0.15, 0.2) is 0 Å². The van der Waals surface area contributed by atoms with Crippen molar-refractivity contribution in [2.24, 2.45) is 0 Å². The number of sulfonamides is 1. The Morgan fingerprint density at radius 2 is 1.61 bits per heavy atom. The van der Waals surface area contributed by atoms with Crippen LogP contribution in [0.3, 0.4) is 0 Å². The minimum atomic E-state index is -3.78. The third-order valence-corrected chi connectivity index (χ3v) is 7.33. The van der Waals surface area contributed by atoms with Gasteiger partial charge in [-0.1, -0.05) is 6.07 Å². The molecule has 0 atom stereocenters. The lowest BCUT2D eigenvalue weighted by Crippen LogP contribution is -2.48. The molecule has 1 aliphatic heterocycles. The molecule has 1 saturated heterocycles. The number of carbonyl (C=O) groups excluding carboxylic acids is 1. The minimum absolute atomic E-state index is 0.0465. The van der Waals surface area contributed by atoms with Crippen molar-refractivity contribution in [1.29, 1.82) is 5.26 Å². The molecule has 168 valence electrons. The van der Waals surface area contributed by atoms with Crippen molar-refractivity contribution < 1.29 is 17.6 Å². The maximum absolute atomic E-state index is 13.2. The van der Waals surface area contributed by atoms with Crippen LogP contribution in [0.15, 0.2) is 77.7 Å². The zero-order chi connectivity index (χ0) is 23.4. The molecule has 0 bridgehead atoms. The topological polar surface area (TPSA) is 93.5 Å². The average Bonchev–Trinajstić information content (AvgIpc) is 2.85. The van der Waals surface area contributed by atoms with Crippen LogP contribution in [0.1, 0.15) is 15.9 Å². The summed E-state index contributed by atoms with van der Waals surface area (Å²) in [5, 5.41) is 11.6. The molecule has 0 unspecified atom stereocenters. The lowest BCUT2D eigenvalue weighted by Gasteiger charge is -2.35. The molecule has 9 heteroatoms. The summed E-state index contributed by atoms with van der Waals surface area (Å²) < 4.78 is 40.9. The van der Waals surface area contributed by atoms with E-state index in [1.165, 1.54) is 34.6 Å². The first-order valence-corrected chi connectivity index (χ1v) is 11.7. The minimum Gasteiger partial charge on any atom is -0.369 e. The van der Waals surface area contributed by atoms with Crippen molar-refractivity contribution in [3.8, 4) is 6.07 Å². The molecule has 33 heavy (non-hydrogen) atoms. The van der Waals surface area contributed by atoms with E-state index in [1.807, 2.05) is 11.0 Å². The summed E-state index contributed by atoms with van der Waals surface area (Å²) in [5.41, 5.74) is 2.03. The number of benzene rings is 3. The fraction of sp³-hybridized carbons (Fsp3) is 0.167. The molecular formula is C24H21FN4O3S. The van der Waals surface area contributed by atoms with Crippen LogP contribution in [-0.4, -0.2) is 44.8 Å². The summed E-state index contributed by atoms with van der Waals surface area (Å²) in [6.45, 7) is 1.51. The van der Waals surface area contributed by atoms with Crippen LogP contribution in [0, 0.1) is 17.1 Å². The lowest BCUT2D eigenvalue weighted by molar-refractivity contribution is 0.102. The molecule has 0 radical (unpaired) electrons. The number of hydrogen-bond donors (Lipinski definition) is 1. The number of anilines is 2. The average molecular weight is 465 g/mol. The quantitative estimate of drug-likeness (QED) is 0.624. The lowest BCUT2D eigenvalue weighted by atomic mass is 10.2. The van der Waals surface area contributed by atoms with Gasteiger partial charge in [-0.3, -0.25) is 4.79 Å². The fourth-order valence-electron chi connectivity index (χ4n) is 3.62. The molecule has 1 aliphatic rings. The van der Waals surface area contributed by atoms with Gasteiger partial charge in [0, 0.05) is 43.1 Å². The molecule has 1 heterocycles. The molecule has 1 N–H and O–H groups in total. The van der Waals surface area contributed by atoms with Crippen molar-refractivity contribution in [3.63, 3.8) is 0 Å². The first kappa shape index (κ1) is 22.5. The molecule has 7 nitrogen and oxygen atoms in total. The predicted octanol–water partition coefficient (Wildman–Crippen LogP) is 3.46. The molecule has 4 rings (SSSR count). The van der Waals surface area contributed by atoms with E-state index in [-0.39, 0.29) is 29.4 Å². The molecule has 0 spiro atoms. The second-order valence-electron chi connectivity index (χ2n) is 7.54. The highest BCUT2D eigenvalue weighted by Crippen LogP contribution is 2.22. The van der Waals surface area contributed by atoms with Crippen molar-refractivity contribution in [2.75, 3.05) is 36.4 Å². The maximum Gasteiger partial charge on any atom is 0.255 e. The van der Waals surface area contributed by atoms with Gasteiger partial charge in [-0.25, -0.2) is 12.8 Å². The number of hydrogen-bond acceptors (Lipinski definition) is 5. The highest BCUT2D eigenvalue weighted by Gasteiger charge is 2.29. The van der Waals surface area contributed by atoms with E-state index in [9.17, 15) is 17.6 Å². The highest BCUT2D eigenvalue weighted by atomic mass is 32.2. The Kier molecular flexibility index (Phi) is 6.40. The van der Waals surface area contributed by atoms with Gasteiger partial charge in [0.1, 0.15) is 5.82 Å². The smallest absolute Gasteiger partial charge is 0.255 e. The Morgan fingerprint density at radius 1 is 0.939 bits per heavy atom. The van der Waals surface area contributed by atoms with Crippen molar-refractivity contribution >= 4 is 27.3 Å². The zero-order valence-corrected chi connectivity index (χ0v) is 18.4. The molecule has 0 aliphatic carbocycles. The summed E-state index contributed by atoms with van der Waals surface area (Å²) in [4.78, 5) is 14.7. The number of halogens is 1. The van der Waals surface area contributed by atoms with E-state index >= 15 is 0 Å².